The summed E-state index contributed by atoms with van der Waals surface area (Å²) in [5, 5.41) is 6.05. The highest BCUT2D eigenvalue weighted by Crippen LogP contribution is 2.69. The number of fused-ring (bicyclic) bond motifs is 10. The molecule has 0 radical (unpaired) electrons. The number of ether oxygens (including phenoxy) is 1. The van der Waals surface area contributed by atoms with Crippen molar-refractivity contribution in [3.8, 4) is 5.75 Å². The number of carbonyl (C=O) groups excluding carboxylic acids is 3. The lowest BCUT2D eigenvalue weighted by Gasteiger charge is -2.43. The molecule has 7 atom stereocenters. The van der Waals surface area contributed by atoms with Gasteiger partial charge in [0.05, 0.1) is 22.5 Å². The van der Waals surface area contributed by atoms with Crippen LogP contribution < -0.4 is 19.8 Å². The molecule has 6 unspecified atom stereocenters. The van der Waals surface area contributed by atoms with E-state index in [1.54, 1.807) is 23.9 Å². The largest absolute Gasteiger partial charge is 0.483 e. The van der Waals surface area contributed by atoms with Gasteiger partial charge in [-0.15, -0.1) is 11.8 Å². The van der Waals surface area contributed by atoms with E-state index < -0.39 is 17.7 Å². The van der Waals surface area contributed by atoms with Crippen LogP contribution in [0.3, 0.4) is 0 Å². The minimum absolute atomic E-state index is 0.0552. The van der Waals surface area contributed by atoms with Crippen LogP contribution in [0, 0.1) is 35.4 Å². The van der Waals surface area contributed by atoms with Crippen LogP contribution in [0.2, 0.25) is 5.02 Å². The number of benzene rings is 4. The molecule has 3 fully saturated rings. The number of rotatable bonds is 6. The van der Waals surface area contributed by atoms with E-state index in [9.17, 15) is 23.6 Å². The van der Waals surface area contributed by atoms with Crippen molar-refractivity contribution in [2.45, 2.75) is 22.6 Å². The fourth-order valence-corrected chi connectivity index (χ4v) is 11.8. The standard InChI is InChI=1S/C37H27ClFN3O5S2/c38-18-8-13-26(47-16-27(43)40-25-7-3-5-17-4-1-2-6-21(17)25)22(14-18)28-29-23-15-24(32(29)48-34-33(28)49-37(46)41-34)31-30(23)35(44)42(36(31)45)20-11-9-19(39)10-12-20/h1-14,23-24,28-32H,15-16H2,(H,40,43)(H,41,46)/t23?,24?,28-,29?,30?,31?,32?/m1/s1. The summed E-state index contributed by atoms with van der Waals surface area (Å²) >= 11 is 9.31. The van der Waals surface area contributed by atoms with Gasteiger partial charge in [-0.3, -0.25) is 24.1 Å². The average molecular weight is 712 g/mol. The molecule has 4 aromatic carbocycles. The predicted octanol–water partition coefficient (Wildman–Crippen LogP) is 7.08. The first-order valence-corrected chi connectivity index (χ1v) is 18.1. The molecular weight excluding hydrogens is 685 g/mol. The Morgan fingerprint density at radius 3 is 2.53 bits per heavy atom. The topological polar surface area (TPSA) is 109 Å². The lowest BCUT2D eigenvalue weighted by Crippen LogP contribution is -2.42. The molecule has 2 aliphatic heterocycles. The van der Waals surface area contributed by atoms with Gasteiger partial charge in [0.15, 0.2) is 6.61 Å². The Morgan fingerprint density at radius 2 is 1.71 bits per heavy atom. The number of halogens is 2. The molecule has 0 spiro atoms. The first-order chi connectivity index (χ1) is 23.8. The second-order valence-corrected chi connectivity index (χ2v) is 15.6. The van der Waals surface area contributed by atoms with E-state index in [0.717, 1.165) is 37.6 Å². The molecule has 1 saturated heterocycles. The summed E-state index contributed by atoms with van der Waals surface area (Å²) in [7, 11) is 0. The van der Waals surface area contributed by atoms with Gasteiger partial charge < -0.3 is 15.0 Å². The van der Waals surface area contributed by atoms with E-state index in [0.29, 0.717) is 28.6 Å². The molecular formula is C37H27ClFN3O5S2. The third kappa shape index (κ3) is 4.85. The SMILES string of the molecule is O=C(COc1ccc(Cl)cc1[C@H]1c2sc(=O)[nH]c2SC2C3CC(C4C(=O)N(c5ccc(F)cc5)C(=O)C34)C21)Nc1cccc2ccccc12. The number of aromatic amines is 1. The highest BCUT2D eigenvalue weighted by Gasteiger charge is 2.69. The second kappa shape index (κ2) is 11.6. The van der Waals surface area contributed by atoms with E-state index >= 15 is 0 Å². The van der Waals surface area contributed by atoms with Gasteiger partial charge in [0, 0.05) is 37.7 Å². The Hall–Kier alpha value is -4.45. The summed E-state index contributed by atoms with van der Waals surface area (Å²) in [6, 6.07) is 24.2. The third-order valence-corrected chi connectivity index (χ3v) is 13.4. The zero-order chi connectivity index (χ0) is 33.6. The fraction of sp³-hybridized carbons (Fsp3) is 0.243. The predicted molar refractivity (Wildman–Crippen MR) is 187 cm³/mol. The maximum Gasteiger partial charge on any atom is 0.305 e. The first-order valence-electron chi connectivity index (χ1n) is 16.0. The second-order valence-electron chi connectivity index (χ2n) is 13.0. The van der Waals surface area contributed by atoms with Crippen molar-refractivity contribution < 1.29 is 23.5 Å². The Bertz CT molecular complexity index is 2250. The van der Waals surface area contributed by atoms with E-state index in [1.165, 1.54) is 29.2 Å². The molecule has 4 aliphatic rings. The number of H-pyrrole nitrogens is 1. The van der Waals surface area contributed by atoms with Gasteiger partial charge in [0.25, 0.3) is 5.91 Å². The number of nitrogens with one attached hydrogen (secondary N) is 2. The van der Waals surface area contributed by atoms with Gasteiger partial charge >= 0.3 is 4.87 Å². The molecule has 246 valence electrons. The van der Waals surface area contributed by atoms with Gasteiger partial charge in [-0.05, 0) is 78.1 Å². The van der Waals surface area contributed by atoms with Crippen LogP contribution in [0.1, 0.15) is 22.8 Å². The van der Waals surface area contributed by atoms with Crippen molar-refractivity contribution in [1.29, 1.82) is 0 Å². The number of carbonyl (C=O) groups is 3. The van der Waals surface area contributed by atoms with Gasteiger partial charge in [0.1, 0.15) is 11.6 Å². The van der Waals surface area contributed by atoms with Crippen LogP contribution in [0.25, 0.3) is 10.8 Å². The quantitative estimate of drug-likeness (QED) is 0.182. The molecule has 49 heavy (non-hydrogen) atoms. The van der Waals surface area contributed by atoms with Gasteiger partial charge in [0.2, 0.25) is 11.8 Å². The van der Waals surface area contributed by atoms with Crippen LogP contribution in [0.15, 0.2) is 94.7 Å². The lowest BCUT2D eigenvalue weighted by atomic mass is 9.68. The number of imide groups is 1. The van der Waals surface area contributed by atoms with Crippen molar-refractivity contribution >= 4 is 74.6 Å². The molecule has 2 aliphatic carbocycles. The molecule has 2 bridgehead atoms. The molecule has 12 heteroatoms. The van der Waals surface area contributed by atoms with E-state index in [1.807, 2.05) is 48.5 Å². The molecule has 8 nitrogen and oxygen atoms in total. The Morgan fingerprint density at radius 1 is 0.959 bits per heavy atom. The number of amides is 3. The number of aromatic nitrogens is 1. The molecule has 3 amide bonds. The van der Waals surface area contributed by atoms with E-state index in [2.05, 4.69) is 10.3 Å². The van der Waals surface area contributed by atoms with Crippen LogP contribution >= 0.6 is 34.7 Å². The molecule has 3 heterocycles. The summed E-state index contributed by atoms with van der Waals surface area (Å²) < 4.78 is 20.0. The lowest BCUT2D eigenvalue weighted by molar-refractivity contribution is -0.123. The summed E-state index contributed by atoms with van der Waals surface area (Å²) in [5.74, 6) is -2.57. The van der Waals surface area contributed by atoms with Crippen molar-refractivity contribution in [2.75, 3.05) is 16.8 Å². The monoisotopic (exact) mass is 711 g/mol. The van der Waals surface area contributed by atoms with E-state index in [4.69, 9.17) is 16.3 Å². The summed E-state index contributed by atoms with van der Waals surface area (Å²) in [6.45, 7) is -0.264. The van der Waals surface area contributed by atoms with Crippen molar-refractivity contribution in [3.63, 3.8) is 0 Å². The van der Waals surface area contributed by atoms with Crippen LogP contribution in [0.5, 0.6) is 5.75 Å². The number of thioether (sulfide) groups is 1. The summed E-state index contributed by atoms with van der Waals surface area (Å²) in [5.41, 5.74) is 1.78. The maximum atomic E-state index is 14.0. The van der Waals surface area contributed by atoms with Crippen molar-refractivity contribution in [3.05, 3.63) is 116 Å². The third-order valence-electron chi connectivity index (χ3n) is 10.5. The van der Waals surface area contributed by atoms with Gasteiger partial charge in [-0.1, -0.05) is 59.3 Å². The maximum absolute atomic E-state index is 14.0. The van der Waals surface area contributed by atoms with Crippen molar-refractivity contribution in [1.82, 2.24) is 4.98 Å². The van der Waals surface area contributed by atoms with Crippen LogP contribution in [-0.2, 0) is 14.4 Å². The summed E-state index contributed by atoms with van der Waals surface area (Å²) in [4.78, 5) is 58.8. The molecule has 9 rings (SSSR count). The normalized spacial score (nSPS) is 26.5. The highest BCUT2D eigenvalue weighted by molar-refractivity contribution is 8.00. The average Bonchev–Trinajstić information content (AvgIpc) is 3.83. The number of nitrogens with zero attached hydrogens (tertiary/aromatic N) is 1. The number of hydrogen-bond donors (Lipinski definition) is 2. The minimum atomic E-state index is -0.529. The Kier molecular flexibility index (Phi) is 7.22. The number of thiazole rings is 1. The molecule has 2 saturated carbocycles. The summed E-state index contributed by atoms with van der Waals surface area (Å²) in [6.07, 6.45) is 0.701. The highest BCUT2D eigenvalue weighted by atomic mass is 35.5. The van der Waals surface area contributed by atoms with E-state index in [-0.39, 0.29) is 58.1 Å². The van der Waals surface area contributed by atoms with Gasteiger partial charge in [-0.25, -0.2) is 4.39 Å². The number of anilines is 2. The Balaban J connectivity index is 1.05. The van der Waals surface area contributed by atoms with Crippen LogP contribution in [0.4, 0.5) is 15.8 Å². The minimum Gasteiger partial charge on any atom is -0.483 e. The fourth-order valence-electron chi connectivity index (χ4n) is 8.77. The zero-order valence-electron chi connectivity index (χ0n) is 25.6. The number of hydrogen-bond acceptors (Lipinski definition) is 7. The molecule has 1 aromatic heterocycles. The molecule has 2 N–H and O–H groups in total. The van der Waals surface area contributed by atoms with Gasteiger partial charge in [-0.2, -0.15) is 0 Å². The van der Waals surface area contributed by atoms with Crippen LogP contribution in [-0.4, -0.2) is 34.6 Å². The smallest absolute Gasteiger partial charge is 0.305 e. The van der Waals surface area contributed by atoms with Crippen molar-refractivity contribution in [2.24, 2.45) is 29.6 Å². The first kappa shape index (κ1) is 30.6. The molecule has 5 aromatic rings. The Labute approximate surface area is 292 Å². The zero-order valence-corrected chi connectivity index (χ0v) is 28.0.